The Labute approximate surface area is 173 Å². The average molecular weight is 410 g/mol. The van der Waals surface area contributed by atoms with E-state index in [0.717, 1.165) is 16.2 Å². The van der Waals surface area contributed by atoms with E-state index in [2.05, 4.69) is 5.32 Å². The zero-order valence-corrected chi connectivity index (χ0v) is 16.9. The molecule has 1 N–H and O–H groups in total. The normalized spacial score (nSPS) is 29.3. The number of amides is 2. The lowest BCUT2D eigenvalue weighted by molar-refractivity contribution is -0.137. The van der Waals surface area contributed by atoms with Crippen LogP contribution in [-0.2, 0) is 27.4 Å². The molecule has 2 amide bonds. The topological polar surface area (TPSA) is 67.9 Å². The highest BCUT2D eigenvalue weighted by Gasteiger charge is 2.66. The minimum atomic E-state index is -0.666. The first kappa shape index (κ1) is 18.4. The lowest BCUT2D eigenvalue weighted by Crippen LogP contribution is -2.43. The zero-order valence-electron chi connectivity index (χ0n) is 16.0. The smallest absolute Gasteiger partial charge is 0.230 e. The summed E-state index contributed by atoms with van der Waals surface area (Å²) in [6, 6.07) is 11.6. The number of carbonyl (C=O) groups excluding carboxylic acids is 2. The predicted molar refractivity (Wildman–Crippen MR) is 108 cm³/mol. The van der Waals surface area contributed by atoms with Gasteiger partial charge in [-0.3, -0.25) is 9.59 Å². The van der Waals surface area contributed by atoms with Gasteiger partial charge < -0.3 is 19.7 Å². The summed E-state index contributed by atoms with van der Waals surface area (Å²) in [5.74, 6) is -0.285. The zero-order chi connectivity index (χ0) is 20.0. The molecule has 2 saturated heterocycles. The van der Waals surface area contributed by atoms with Crippen molar-refractivity contribution in [2.45, 2.75) is 24.8 Å². The molecule has 0 radical (unpaired) electrons. The number of ether oxygens (including phenoxy) is 2. The standard InChI is InChI=1S/C22H22N2O4S/c1-27-15-6-4-14(5-7-15)11-23-20(25)18-17-8-9-22(28-17)13-24(21(26)19(18)22)12-16-3-2-10-29-16/h2-10,17-19H,11-13H2,1H3,(H,23,25)/t17-,18-,19-,22+/m0/s1. The number of nitrogens with zero attached hydrogens (tertiary/aromatic N) is 1. The fourth-order valence-electron chi connectivity index (χ4n) is 4.65. The van der Waals surface area contributed by atoms with Gasteiger partial charge >= 0.3 is 0 Å². The van der Waals surface area contributed by atoms with Crippen molar-refractivity contribution in [3.8, 4) is 5.75 Å². The average Bonchev–Trinajstić information content (AvgIpc) is 3.50. The van der Waals surface area contributed by atoms with Crippen molar-refractivity contribution >= 4 is 23.2 Å². The molecule has 5 rings (SSSR count). The van der Waals surface area contributed by atoms with Crippen LogP contribution in [0.1, 0.15) is 10.4 Å². The Balaban J connectivity index is 1.29. The fourth-order valence-corrected chi connectivity index (χ4v) is 5.37. The number of hydrogen-bond donors (Lipinski definition) is 1. The van der Waals surface area contributed by atoms with E-state index in [4.69, 9.17) is 9.47 Å². The van der Waals surface area contributed by atoms with Gasteiger partial charge in [0, 0.05) is 11.4 Å². The van der Waals surface area contributed by atoms with Crippen molar-refractivity contribution in [3.63, 3.8) is 0 Å². The number of rotatable bonds is 6. The highest BCUT2D eigenvalue weighted by atomic mass is 32.1. The second-order valence-corrected chi connectivity index (χ2v) is 8.77. The number of carbonyl (C=O) groups is 2. The minimum Gasteiger partial charge on any atom is -0.497 e. The highest BCUT2D eigenvalue weighted by molar-refractivity contribution is 7.09. The Morgan fingerprint density at radius 3 is 2.90 bits per heavy atom. The summed E-state index contributed by atoms with van der Waals surface area (Å²) in [4.78, 5) is 29.2. The molecule has 3 aliphatic heterocycles. The van der Waals surface area contributed by atoms with E-state index in [9.17, 15) is 9.59 Å². The molecule has 150 valence electrons. The maximum absolute atomic E-state index is 13.2. The third kappa shape index (κ3) is 3.05. The summed E-state index contributed by atoms with van der Waals surface area (Å²) in [5, 5.41) is 5.00. The number of fused-ring (bicyclic) bond motifs is 1. The Kier molecular flexibility index (Phi) is 4.44. The maximum Gasteiger partial charge on any atom is 0.230 e. The Hall–Kier alpha value is -2.64. The summed E-state index contributed by atoms with van der Waals surface area (Å²) < 4.78 is 11.3. The first-order valence-electron chi connectivity index (χ1n) is 9.69. The Morgan fingerprint density at radius 1 is 1.34 bits per heavy atom. The van der Waals surface area contributed by atoms with E-state index >= 15 is 0 Å². The first-order valence-corrected chi connectivity index (χ1v) is 10.6. The summed E-state index contributed by atoms with van der Waals surface area (Å²) in [7, 11) is 1.62. The van der Waals surface area contributed by atoms with Gasteiger partial charge in [0.2, 0.25) is 11.8 Å². The number of nitrogens with one attached hydrogen (secondary N) is 1. The van der Waals surface area contributed by atoms with Gasteiger partial charge in [-0.05, 0) is 29.1 Å². The van der Waals surface area contributed by atoms with E-state index in [1.54, 1.807) is 18.4 Å². The third-order valence-corrected chi connectivity index (χ3v) is 6.90. The van der Waals surface area contributed by atoms with Crippen molar-refractivity contribution in [1.82, 2.24) is 10.2 Å². The minimum absolute atomic E-state index is 0.00912. The molecule has 4 atom stereocenters. The molecule has 29 heavy (non-hydrogen) atoms. The molecule has 0 saturated carbocycles. The van der Waals surface area contributed by atoms with E-state index in [0.29, 0.717) is 19.6 Å². The number of methoxy groups -OCH3 is 1. The van der Waals surface area contributed by atoms with Crippen molar-refractivity contribution in [1.29, 1.82) is 0 Å². The molecule has 1 aromatic carbocycles. The van der Waals surface area contributed by atoms with Crippen LogP contribution in [0.15, 0.2) is 53.9 Å². The molecular formula is C22H22N2O4S. The van der Waals surface area contributed by atoms with Crippen molar-refractivity contribution in [2.24, 2.45) is 11.8 Å². The van der Waals surface area contributed by atoms with Crippen LogP contribution in [0.2, 0.25) is 0 Å². The number of hydrogen-bond acceptors (Lipinski definition) is 5. The third-order valence-electron chi connectivity index (χ3n) is 6.03. The van der Waals surface area contributed by atoms with Gasteiger partial charge in [-0.1, -0.05) is 30.4 Å². The summed E-state index contributed by atoms with van der Waals surface area (Å²) in [6.07, 6.45) is 3.60. The molecule has 3 aliphatic rings. The second kappa shape index (κ2) is 7.00. The predicted octanol–water partition coefficient (Wildman–Crippen LogP) is 2.36. The SMILES string of the molecule is COc1ccc(CNC(=O)[C@H]2[C@@H]3C=C[C@]4(CN(Cc5cccs5)C(=O)[C@H]24)O3)cc1. The quantitative estimate of drug-likeness (QED) is 0.743. The lowest BCUT2D eigenvalue weighted by Gasteiger charge is -2.23. The second-order valence-electron chi connectivity index (χ2n) is 7.74. The largest absolute Gasteiger partial charge is 0.497 e. The molecule has 7 heteroatoms. The fraction of sp³-hybridized carbons (Fsp3) is 0.364. The van der Waals surface area contributed by atoms with Gasteiger partial charge in [0.1, 0.15) is 11.4 Å². The summed E-state index contributed by atoms with van der Waals surface area (Å²) >= 11 is 1.63. The first-order chi connectivity index (χ1) is 14.1. The number of thiophene rings is 1. The molecule has 1 spiro atoms. The lowest BCUT2D eigenvalue weighted by atomic mass is 9.77. The molecule has 0 aliphatic carbocycles. The summed E-state index contributed by atoms with van der Waals surface area (Å²) in [5.41, 5.74) is 0.312. The van der Waals surface area contributed by atoms with Crippen molar-refractivity contribution in [3.05, 3.63) is 64.4 Å². The van der Waals surface area contributed by atoms with Crippen LogP contribution in [-0.4, -0.2) is 42.1 Å². The van der Waals surface area contributed by atoms with Crippen LogP contribution in [0, 0.1) is 11.8 Å². The number of benzene rings is 1. The van der Waals surface area contributed by atoms with Crippen LogP contribution >= 0.6 is 11.3 Å². The molecule has 6 nitrogen and oxygen atoms in total. The van der Waals surface area contributed by atoms with E-state index < -0.39 is 17.4 Å². The molecule has 2 fully saturated rings. The van der Waals surface area contributed by atoms with Crippen LogP contribution in [0.3, 0.4) is 0 Å². The molecular weight excluding hydrogens is 388 g/mol. The van der Waals surface area contributed by atoms with Gasteiger partial charge in [-0.15, -0.1) is 11.3 Å². The van der Waals surface area contributed by atoms with E-state index in [1.807, 2.05) is 58.8 Å². The van der Waals surface area contributed by atoms with Crippen LogP contribution in [0.5, 0.6) is 5.75 Å². The number of likely N-dealkylation sites (tertiary alicyclic amines) is 1. The molecule has 4 heterocycles. The Bertz CT molecular complexity index is 956. The molecule has 2 aromatic rings. The molecule has 2 bridgehead atoms. The van der Waals surface area contributed by atoms with Crippen molar-refractivity contribution in [2.75, 3.05) is 13.7 Å². The van der Waals surface area contributed by atoms with Gasteiger partial charge in [-0.25, -0.2) is 0 Å². The van der Waals surface area contributed by atoms with Crippen LogP contribution < -0.4 is 10.1 Å². The van der Waals surface area contributed by atoms with Crippen molar-refractivity contribution < 1.29 is 19.1 Å². The summed E-state index contributed by atoms with van der Waals surface area (Å²) in [6.45, 7) is 1.48. The van der Waals surface area contributed by atoms with Gasteiger partial charge in [0.15, 0.2) is 0 Å². The highest BCUT2D eigenvalue weighted by Crippen LogP contribution is 2.52. The molecule has 0 unspecified atom stereocenters. The van der Waals surface area contributed by atoms with Gasteiger partial charge in [-0.2, -0.15) is 0 Å². The monoisotopic (exact) mass is 410 g/mol. The molecule has 1 aromatic heterocycles. The van der Waals surface area contributed by atoms with Crippen LogP contribution in [0.4, 0.5) is 0 Å². The van der Waals surface area contributed by atoms with E-state index in [-0.39, 0.29) is 17.9 Å². The van der Waals surface area contributed by atoms with Gasteiger partial charge in [0.25, 0.3) is 0 Å². The maximum atomic E-state index is 13.2. The van der Waals surface area contributed by atoms with Gasteiger partial charge in [0.05, 0.1) is 38.1 Å². The van der Waals surface area contributed by atoms with E-state index in [1.165, 1.54) is 0 Å². The van der Waals surface area contributed by atoms with Crippen LogP contribution in [0.25, 0.3) is 0 Å². The Morgan fingerprint density at radius 2 is 2.17 bits per heavy atom.